The number of nitrogens with two attached hydrogens (primary N) is 1. The minimum absolute atomic E-state index is 0.169. The third kappa shape index (κ3) is 1.69. The van der Waals surface area contributed by atoms with Crippen molar-refractivity contribution in [2.24, 2.45) is 5.73 Å². The van der Waals surface area contributed by atoms with Crippen LogP contribution in [0.2, 0.25) is 0 Å². The molecule has 1 aromatic rings. The van der Waals surface area contributed by atoms with Gasteiger partial charge in [-0.2, -0.15) is 0 Å². The molecule has 0 aromatic carbocycles. The highest BCUT2D eigenvalue weighted by atomic mass is 127. The summed E-state index contributed by atoms with van der Waals surface area (Å²) in [5.74, 6) is -0.275. The fraction of sp³-hybridized carbons (Fsp3) is 0.167. The molecule has 54 valence electrons. The maximum Gasteiger partial charge on any atom is 0.235 e. The Labute approximate surface area is 76.6 Å². The van der Waals surface area contributed by atoms with Crippen LogP contribution in [0.4, 0.5) is 0 Å². The Kier molecular flexibility index (Phi) is 2.67. The number of carbonyl (C=O) groups excluding carboxylic acids is 1. The molecule has 1 heterocycles. The van der Waals surface area contributed by atoms with Gasteiger partial charge in [-0.25, -0.2) is 0 Å². The molecule has 0 aliphatic carbocycles. The molecular weight excluding hydrogens is 261 g/mol. The number of carbonyl (C=O) groups is 1. The van der Waals surface area contributed by atoms with E-state index < -0.39 is 0 Å². The highest BCUT2D eigenvalue weighted by Gasteiger charge is 2.13. The lowest BCUT2D eigenvalue weighted by molar-refractivity contribution is -0.117. The quantitative estimate of drug-likeness (QED) is 0.643. The predicted molar refractivity (Wildman–Crippen MR) is 50.3 cm³/mol. The van der Waals surface area contributed by atoms with E-state index in [1.807, 2.05) is 40.1 Å². The molecule has 0 fully saturated rings. The number of primary amides is 1. The van der Waals surface area contributed by atoms with Gasteiger partial charge in [0.05, 0.1) is 0 Å². The van der Waals surface area contributed by atoms with Crippen LogP contribution in [0.1, 0.15) is 8.80 Å². The zero-order valence-electron chi connectivity index (χ0n) is 5.08. The lowest BCUT2D eigenvalue weighted by Crippen LogP contribution is -2.15. The minimum Gasteiger partial charge on any atom is -0.368 e. The van der Waals surface area contributed by atoms with Crippen LogP contribution in [-0.4, -0.2) is 5.91 Å². The molecule has 0 aliphatic rings. The summed E-state index contributed by atoms with van der Waals surface area (Å²) in [7, 11) is 0. The molecule has 4 heteroatoms. The van der Waals surface area contributed by atoms with Gasteiger partial charge in [-0.15, -0.1) is 11.3 Å². The SMILES string of the molecule is NC(=O)C(I)c1cccs1. The van der Waals surface area contributed by atoms with E-state index in [1.165, 1.54) is 0 Å². The molecule has 2 nitrogen and oxygen atoms in total. The van der Waals surface area contributed by atoms with Crippen molar-refractivity contribution in [2.45, 2.75) is 3.92 Å². The van der Waals surface area contributed by atoms with E-state index in [0.717, 1.165) is 4.88 Å². The zero-order valence-corrected chi connectivity index (χ0v) is 8.06. The smallest absolute Gasteiger partial charge is 0.235 e. The van der Waals surface area contributed by atoms with E-state index in [0.29, 0.717) is 0 Å². The van der Waals surface area contributed by atoms with Gasteiger partial charge in [-0.3, -0.25) is 4.79 Å². The molecule has 0 saturated carbocycles. The number of hydrogen-bond acceptors (Lipinski definition) is 2. The number of thiophene rings is 1. The molecule has 0 aliphatic heterocycles. The summed E-state index contributed by atoms with van der Waals surface area (Å²) < 4.78 is -0.169. The van der Waals surface area contributed by atoms with Crippen molar-refractivity contribution in [3.8, 4) is 0 Å². The van der Waals surface area contributed by atoms with Gasteiger partial charge in [-0.1, -0.05) is 28.7 Å². The summed E-state index contributed by atoms with van der Waals surface area (Å²) in [6.07, 6.45) is 0. The van der Waals surface area contributed by atoms with E-state index in [9.17, 15) is 4.79 Å². The van der Waals surface area contributed by atoms with Gasteiger partial charge in [0, 0.05) is 4.88 Å². The van der Waals surface area contributed by atoms with E-state index in [4.69, 9.17) is 5.73 Å². The molecule has 1 amide bonds. The van der Waals surface area contributed by atoms with Crippen LogP contribution in [0.5, 0.6) is 0 Å². The monoisotopic (exact) mass is 267 g/mol. The zero-order chi connectivity index (χ0) is 7.56. The van der Waals surface area contributed by atoms with Crippen LogP contribution in [0, 0.1) is 0 Å². The molecular formula is C6H6INOS. The van der Waals surface area contributed by atoms with Crippen molar-refractivity contribution < 1.29 is 4.79 Å². The first-order valence-corrected chi connectivity index (χ1v) is 4.81. The highest BCUT2D eigenvalue weighted by Crippen LogP contribution is 2.26. The second kappa shape index (κ2) is 3.34. The minimum atomic E-state index is -0.275. The molecule has 0 radical (unpaired) electrons. The van der Waals surface area contributed by atoms with E-state index >= 15 is 0 Å². The topological polar surface area (TPSA) is 43.1 Å². The van der Waals surface area contributed by atoms with Crippen molar-refractivity contribution in [3.63, 3.8) is 0 Å². The Bertz CT molecular complexity index is 222. The normalized spacial score (nSPS) is 12.9. The summed E-state index contributed by atoms with van der Waals surface area (Å²) in [6, 6.07) is 3.82. The maximum absolute atomic E-state index is 10.6. The van der Waals surface area contributed by atoms with Crippen LogP contribution in [-0.2, 0) is 4.79 Å². The van der Waals surface area contributed by atoms with Crippen molar-refractivity contribution in [3.05, 3.63) is 22.4 Å². The molecule has 2 N–H and O–H groups in total. The van der Waals surface area contributed by atoms with Gasteiger partial charge in [0.15, 0.2) is 0 Å². The van der Waals surface area contributed by atoms with Crippen LogP contribution in [0.15, 0.2) is 17.5 Å². The average molecular weight is 267 g/mol. The predicted octanol–water partition coefficient (Wildman–Crippen LogP) is 1.71. The maximum atomic E-state index is 10.6. The molecule has 1 atom stereocenters. The summed E-state index contributed by atoms with van der Waals surface area (Å²) in [6.45, 7) is 0. The van der Waals surface area contributed by atoms with E-state index in [2.05, 4.69) is 0 Å². The fourth-order valence-electron chi connectivity index (χ4n) is 0.576. The number of hydrogen-bond donors (Lipinski definition) is 1. The van der Waals surface area contributed by atoms with Gasteiger partial charge in [0.1, 0.15) is 3.92 Å². The van der Waals surface area contributed by atoms with E-state index in [-0.39, 0.29) is 9.83 Å². The van der Waals surface area contributed by atoms with Crippen molar-refractivity contribution in [1.82, 2.24) is 0 Å². The third-order valence-electron chi connectivity index (χ3n) is 1.04. The standard InChI is InChI=1S/C6H6INOS/c7-5(6(8)9)4-2-1-3-10-4/h1-3,5H,(H2,8,9). The van der Waals surface area contributed by atoms with Crippen molar-refractivity contribution >= 4 is 39.8 Å². The molecule has 0 spiro atoms. The molecule has 10 heavy (non-hydrogen) atoms. The van der Waals surface area contributed by atoms with Crippen LogP contribution in [0.25, 0.3) is 0 Å². The molecule has 0 bridgehead atoms. The third-order valence-corrected chi connectivity index (χ3v) is 3.69. The Morgan fingerprint density at radius 2 is 2.50 bits per heavy atom. The lowest BCUT2D eigenvalue weighted by Gasteiger charge is -1.99. The largest absolute Gasteiger partial charge is 0.368 e. The fourth-order valence-corrected chi connectivity index (χ4v) is 1.93. The summed E-state index contributed by atoms with van der Waals surface area (Å²) >= 11 is 3.58. The Balaban J connectivity index is 2.77. The summed E-state index contributed by atoms with van der Waals surface area (Å²) in [4.78, 5) is 11.6. The van der Waals surface area contributed by atoms with E-state index in [1.54, 1.807) is 11.3 Å². The van der Waals surface area contributed by atoms with Gasteiger partial charge in [-0.05, 0) is 11.4 Å². The van der Waals surface area contributed by atoms with Crippen molar-refractivity contribution in [1.29, 1.82) is 0 Å². The second-order valence-corrected chi connectivity index (χ2v) is 4.01. The first kappa shape index (κ1) is 8.00. The second-order valence-electron chi connectivity index (χ2n) is 1.78. The van der Waals surface area contributed by atoms with Gasteiger partial charge in [0.2, 0.25) is 5.91 Å². The summed E-state index contributed by atoms with van der Waals surface area (Å²) in [5.41, 5.74) is 5.09. The first-order valence-electron chi connectivity index (χ1n) is 2.68. The average Bonchev–Trinajstić information content (AvgIpc) is 2.36. The molecule has 0 saturated heterocycles. The van der Waals surface area contributed by atoms with Crippen molar-refractivity contribution in [2.75, 3.05) is 0 Å². The van der Waals surface area contributed by atoms with Crippen LogP contribution in [0.3, 0.4) is 0 Å². The molecule has 1 unspecified atom stereocenters. The highest BCUT2D eigenvalue weighted by molar-refractivity contribution is 14.1. The molecule has 1 aromatic heterocycles. The Morgan fingerprint density at radius 1 is 1.80 bits per heavy atom. The van der Waals surface area contributed by atoms with Gasteiger partial charge < -0.3 is 5.73 Å². The van der Waals surface area contributed by atoms with Crippen LogP contribution >= 0.6 is 33.9 Å². The number of rotatable bonds is 2. The van der Waals surface area contributed by atoms with Gasteiger partial charge in [0.25, 0.3) is 0 Å². The van der Waals surface area contributed by atoms with Gasteiger partial charge >= 0.3 is 0 Å². The first-order chi connectivity index (χ1) is 4.72. The lowest BCUT2D eigenvalue weighted by atomic mass is 10.3. The molecule has 1 rings (SSSR count). The summed E-state index contributed by atoms with van der Waals surface area (Å²) in [5, 5.41) is 1.93. The number of halogens is 1. The number of alkyl halides is 1. The van der Waals surface area contributed by atoms with Crippen LogP contribution < -0.4 is 5.73 Å². The number of amides is 1. The Hall–Kier alpha value is -0.100. The Morgan fingerprint density at radius 3 is 2.90 bits per heavy atom.